The van der Waals surface area contributed by atoms with E-state index < -0.39 is 5.56 Å². The number of rotatable bonds is 4. The molecular weight excluding hydrogens is 306 g/mol. The van der Waals surface area contributed by atoms with Crippen molar-refractivity contribution in [1.82, 2.24) is 20.4 Å². The largest absolute Gasteiger partial charge is 0.321 e. The number of nitriles is 1. The van der Waals surface area contributed by atoms with E-state index >= 15 is 0 Å². The van der Waals surface area contributed by atoms with Crippen LogP contribution in [0.1, 0.15) is 32.3 Å². The Bertz CT molecular complexity index is 898. The molecule has 126 valence electrons. The zero-order valence-corrected chi connectivity index (χ0v) is 13.8. The van der Waals surface area contributed by atoms with Gasteiger partial charge in [-0.3, -0.25) is 20.4 Å². The summed E-state index contributed by atoms with van der Waals surface area (Å²) in [6, 6.07) is 5.73. The molecule has 0 aliphatic carbocycles. The fraction of sp³-hybridized carbons (Fsp3) is 0.471. The highest BCUT2D eigenvalue weighted by Gasteiger charge is 2.28. The third kappa shape index (κ3) is 2.98. The third-order valence-electron chi connectivity index (χ3n) is 4.86. The Morgan fingerprint density at radius 1 is 1.25 bits per heavy atom. The Kier molecular flexibility index (Phi) is 4.51. The minimum absolute atomic E-state index is 0.0388. The molecule has 7 heteroatoms. The lowest BCUT2D eigenvalue weighted by atomic mass is 9.92. The summed E-state index contributed by atoms with van der Waals surface area (Å²) in [5, 5.41) is 9.33. The van der Waals surface area contributed by atoms with Crippen LogP contribution in [0.3, 0.4) is 0 Å². The van der Waals surface area contributed by atoms with Gasteiger partial charge >= 0.3 is 0 Å². The lowest BCUT2D eigenvalue weighted by Crippen LogP contribution is -2.30. The van der Waals surface area contributed by atoms with Crippen molar-refractivity contribution in [1.29, 1.82) is 5.26 Å². The highest BCUT2D eigenvalue weighted by molar-refractivity contribution is 5.78. The lowest BCUT2D eigenvalue weighted by molar-refractivity contribution is 0.388. The van der Waals surface area contributed by atoms with Crippen molar-refractivity contribution in [3.63, 3.8) is 0 Å². The van der Waals surface area contributed by atoms with Crippen LogP contribution in [0.4, 0.5) is 0 Å². The summed E-state index contributed by atoms with van der Waals surface area (Å²) in [6.45, 7) is 4.93. The van der Waals surface area contributed by atoms with Crippen molar-refractivity contribution in [2.24, 2.45) is 5.92 Å². The van der Waals surface area contributed by atoms with Gasteiger partial charge in [0, 0.05) is 24.8 Å². The highest BCUT2D eigenvalue weighted by atomic mass is 16.1. The SMILES string of the molecule is CC1NNC(C)C1CCCn1ccc2[nH]c(=O)c(C#N)cc2c1=O. The van der Waals surface area contributed by atoms with Gasteiger partial charge in [-0.1, -0.05) is 0 Å². The van der Waals surface area contributed by atoms with Crippen molar-refractivity contribution >= 4 is 10.9 Å². The molecule has 1 aliphatic rings. The van der Waals surface area contributed by atoms with Gasteiger partial charge in [0.05, 0.1) is 10.9 Å². The molecule has 3 N–H and O–H groups in total. The van der Waals surface area contributed by atoms with E-state index in [2.05, 4.69) is 29.7 Å². The van der Waals surface area contributed by atoms with Crippen LogP contribution >= 0.6 is 0 Å². The topological polar surface area (TPSA) is 103 Å². The second kappa shape index (κ2) is 6.59. The number of fused-ring (bicyclic) bond motifs is 1. The first-order valence-corrected chi connectivity index (χ1v) is 8.19. The second-order valence-electron chi connectivity index (χ2n) is 6.44. The van der Waals surface area contributed by atoms with Crippen LogP contribution in [0.25, 0.3) is 10.9 Å². The average molecular weight is 327 g/mol. The zero-order valence-electron chi connectivity index (χ0n) is 13.8. The quantitative estimate of drug-likeness (QED) is 0.772. The van der Waals surface area contributed by atoms with Crippen LogP contribution in [0, 0.1) is 17.2 Å². The Morgan fingerprint density at radius 3 is 2.62 bits per heavy atom. The van der Waals surface area contributed by atoms with Crippen molar-refractivity contribution in [3.05, 3.63) is 44.6 Å². The van der Waals surface area contributed by atoms with Crippen LogP contribution < -0.4 is 22.0 Å². The molecule has 0 amide bonds. The number of nitrogens with zero attached hydrogens (tertiary/aromatic N) is 2. The van der Waals surface area contributed by atoms with E-state index in [1.165, 1.54) is 6.07 Å². The van der Waals surface area contributed by atoms with Crippen LogP contribution in [-0.2, 0) is 6.54 Å². The Labute approximate surface area is 139 Å². The molecule has 3 heterocycles. The summed E-state index contributed by atoms with van der Waals surface area (Å²) in [7, 11) is 0. The Hall–Kier alpha value is -2.43. The van der Waals surface area contributed by atoms with Gasteiger partial charge in [0.25, 0.3) is 11.1 Å². The molecule has 2 aromatic rings. The summed E-state index contributed by atoms with van der Waals surface area (Å²) in [5.41, 5.74) is 6.26. The molecule has 2 unspecified atom stereocenters. The molecule has 1 aliphatic heterocycles. The molecule has 0 aromatic carbocycles. The number of hydrogen-bond acceptors (Lipinski definition) is 5. The van der Waals surface area contributed by atoms with Gasteiger partial charge in [-0.25, -0.2) is 0 Å². The monoisotopic (exact) mass is 327 g/mol. The summed E-state index contributed by atoms with van der Waals surface area (Å²) in [6.07, 6.45) is 3.61. The van der Waals surface area contributed by atoms with Gasteiger partial charge in [-0.15, -0.1) is 0 Å². The minimum Gasteiger partial charge on any atom is -0.321 e. The normalized spacial score (nSPS) is 23.5. The predicted molar refractivity (Wildman–Crippen MR) is 91.5 cm³/mol. The summed E-state index contributed by atoms with van der Waals surface area (Å²) < 4.78 is 1.65. The van der Waals surface area contributed by atoms with Gasteiger partial charge in [-0.2, -0.15) is 5.26 Å². The van der Waals surface area contributed by atoms with Gasteiger partial charge in [0.1, 0.15) is 11.6 Å². The summed E-state index contributed by atoms with van der Waals surface area (Å²) in [5.74, 6) is 0.530. The minimum atomic E-state index is -0.466. The van der Waals surface area contributed by atoms with Gasteiger partial charge in [-0.05, 0) is 44.7 Å². The van der Waals surface area contributed by atoms with E-state index in [4.69, 9.17) is 5.26 Å². The number of H-pyrrole nitrogens is 1. The smallest absolute Gasteiger partial charge is 0.266 e. The molecule has 0 radical (unpaired) electrons. The molecule has 1 saturated heterocycles. The molecule has 0 bridgehead atoms. The van der Waals surface area contributed by atoms with E-state index in [1.807, 2.05) is 6.07 Å². The fourth-order valence-corrected chi connectivity index (χ4v) is 3.41. The Balaban J connectivity index is 1.79. The van der Waals surface area contributed by atoms with Crippen LogP contribution in [-0.4, -0.2) is 21.6 Å². The number of aromatic nitrogens is 2. The first-order valence-electron chi connectivity index (χ1n) is 8.19. The van der Waals surface area contributed by atoms with Crippen molar-refractivity contribution in [2.75, 3.05) is 0 Å². The molecule has 3 rings (SSSR count). The molecule has 1 fully saturated rings. The van der Waals surface area contributed by atoms with E-state index in [0.717, 1.165) is 12.8 Å². The molecule has 0 spiro atoms. The molecule has 24 heavy (non-hydrogen) atoms. The molecular formula is C17H21N5O2. The zero-order chi connectivity index (χ0) is 17.3. The van der Waals surface area contributed by atoms with E-state index in [1.54, 1.807) is 16.8 Å². The van der Waals surface area contributed by atoms with E-state index in [-0.39, 0.29) is 11.1 Å². The first-order chi connectivity index (χ1) is 11.5. The van der Waals surface area contributed by atoms with Crippen LogP contribution in [0.2, 0.25) is 0 Å². The third-order valence-corrected chi connectivity index (χ3v) is 4.86. The van der Waals surface area contributed by atoms with Crippen molar-refractivity contribution in [3.8, 4) is 6.07 Å². The van der Waals surface area contributed by atoms with E-state index in [9.17, 15) is 9.59 Å². The first kappa shape index (κ1) is 16.4. The number of pyridine rings is 2. The summed E-state index contributed by atoms with van der Waals surface area (Å²) in [4.78, 5) is 26.8. The van der Waals surface area contributed by atoms with Gasteiger partial charge in [0.2, 0.25) is 0 Å². The molecule has 0 saturated carbocycles. The van der Waals surface area contributed by atoms with Crippen LogP contribution in [0.5, 0.6) is 0 Å². The van der Waals surface area contributed by atoms with Gasteiger partial charge < -0.3 is 9.55 Å². The van der Waals surface area contributed by atoms with Crippen molar-refractivity contribution < 1.29 is 0 Å². The van der Waals surface area contributed by atoms with Crippen molar-refractivity contribution in [2.45, 2.75) is 45.3 Å². The van der Waals surface area contributed by atoms with Gasteiger partial charge in [0.15, 0.2) is 0 Å². The summed E-state index contributed by atoms with van der Waals surface area (Å²) >= 11 is 0. The number of aromatic amines is 1. The number of hydrazine groups is 1. The highest BCUT2D eigenvalue weighted by Crippen LogP contribution is 2.20. The fourth-order valence-electron chi connectivity index (χ4n) is 3.41. The second-order valence-corrected chi connectivity index (χ2v) is 6.44. The molecule has 2 atom stereocenters. The number of hydrogen-bond donors (Lipinski definition) is 3. The maximum atomic E-state index is 12.6. The average Bonchev–Trinajstić information content (AvgIpc) is 2.88. The van der Waals surface area contributed by atoms with Crippen LogP contribution in [0.15, 0.2) is 27.9 Å². The predicted octanol–water partition coefficient (Wildman–Crippen LogP) is 0.843. The lowest BCUT2D eigenvalue weighted by Gasteiger charge is -2.17. The number of nitrogens with one attached hydrogen (secondary N) is 3. The maximum Gasteiger partial charge on any atom is 0.266 e. The molecule has 2 aromatic heterocycles. The number of aryl methyl sites for hydroxylation is 1. The van der Waals surface area contributed by atoms with E-state index in [0.29, 0.717) is 35.4 Å². The maximum absolute atomic E-state index is 12.6. The Morgan fingerprint density at radius 2 is 1.96 bits per heavy atom. The standard InChI is InChI=1S/C17H21N5O2/c1-10-13(11(2)21-20-10)4-3-6-22-7-5-15-14(17(22)24)8-12(9-18)16(23)19-15/h5,7-8,10-11,13,20-21H,3-4,6H2,1-2H3,(H,19,23). The molecule has 7 nitrogen and oxygen atoms in total.